The van der Waals surface area contributed by atoms with Crippen molar-refractivity contribution in [1.29, 1.82) is 0 Å². The first kappa shape index (κ1) is 22.6. The second-order valence-electron chi connectivity index (χ2n) is 7.26. The molecule has 0 aliphatic carbocycles. The summed E-state index contributed by atoms with van der Waals surface area (Å²) >= 11 is 1.43. The smallest absolute Gasteiger partial charge is 0.258 e. The van der Waals surface area contributed by atoms with E-state index in [1.54, 1.807) is 24.3 Å². The van der Waals surface area contributed by atoms with Gasteiger partial charge in [-0.1, -0.05) is 31.2 Å². The number of hydrogen-bond donors (Lipinski definition) is 2. The van der Waals surface area contributed by atoms with Crippen molar-refractivity contribution in [3.63, 3.8) is 0 Å². The van der Waals surface area contributed by atoms with Gasteiger partial charge in [-0.25, -0.2) is 4.39 Å². The van der Waals surface area contributed by atoms with Gasteiger partial charge in [0.2, 0.25) is 5.91 Å². The third-order valence-corrected chi connectivity index (χ3v) is 6.28. The summed E-state index contributed by atoms with van der Waals surface area (Å²) in [4.78, 5) is 26.0. The second kappa shape index (κ2) is 10.3. The van der Waals surface area contributed by atoms with Gasteiger partial charge < -0.3 is 10.6 Å². The number of rotatable bonds is 7. The van der Waals surface area contributed by atoms with E-state index in [0.29, 0.717) is 12.1 Å². The lowest BCUT2D eigenvalue weighted by Crippen LogP contribution is -2.24. The number of thioether (sulfide) groups is 1. The van der Waals surface area contributed by atoms with Crippen molar-refractivity contribution in [2.75, 3.05) is 10.6 Å². The predicted octanol–water partition coefficient (Wildman–Crippen LogP) is 6.20. The largest absolute Gasteiger partial charge is 0.325 e. The van der Waals surface area contributed by atoms with Crippen LogP contribution in [0.5, 0.6) is 0 Å². The van der Waals surface area contributed by atoms with Crippen LogP contribution in [-0.2, 0) is 4.79 Å². The number of nitrogens with one attached hydrogen (secondary N) is 2. The quantitative estimate of drug-likeness (QED) is 0.433. The molecule has 0 bridgehead atoms. The number of carbonyl (C=O) groups is 2. The number of amides is 2. The molecule has 0 heterocycles. The lowest BCUT2D eigenvalue weighted by Gasteiger charge is -2.16. The van der Waals surface area contributed by atoms with Crippen LogP contribution in [0.4, 0.5) is 15.8 Å². The zero-order valence-electron chi connectivity index (χ0n) is 17.7. The average molecular weight is 437 g/mol. The molecule has 1 unspecified atom stereocenters. The number of benzene rings is 3. The van der Waals surface area contributed by atoms with E-state index in [1.807, 2.05) is 45.0 Å². The molecule has 31 heavy (non-hydrogen) atoms. The van der Waals surface area contributed by atoms with Crippen molar-refractivity contribution < 1.29 is 14.0 Å². The van der Waals surface area contributed by atoms with Crippen LogP contribution in [0.1, 0.15) is 34.8 Å². The van der Waals surface area contributed by atoms with E-state index in [4.69, 9.17) is 0 Å². The van der Waals surface area contributed by atoms with Crippen molar-refractivity contribution in [3.8, 4) is 0 Å². The molecule has 3 aromatic rings. The van der Waals surface area contributed by atoms with Gasteiger partial charge in [0.05, 0.1) is 10.8 Å². The Hall–Kier alpha value is -3.12. The van der Waals surface area contributed by atoms with E-state index in [-0.39, 0.29) is 16.7 Å². The molecule has 4 nitrogen and oxygen atoms in total. The number of anilines is 2. The molecule has 0 aromatic heterocycles. The summed E-state index contributed by atoms with van der Waals surface area (Å²) in [5.41, 5.74) is 3.60. The van der Waals surface area contributed by atoms with Gasteiger partial charge in [-0.3, -0.25) is 9.59 Å². The van der Waals surface area contributed by atoms with Crippen molar-refractivity contribution >= 4 is 35.0 Å². The summed E-state index contributed by atoms with van der Waals surface area (Å²) < 4.78 is 13.8. The van der Waals surface area contributed by atoms with Crippen LogP contribution in [0.15, 0.2) is 71.6 Å². The molecule has 2 amide bonds. The van der Waals surface area contributed by atoms with Crippen LogP contribution < -0.4 is 10.6 Å². The van der Waals surface area contributed by atoms with Gasteiger partial charge in [0.1, 0.15) is 5.82 Å². The molecule has 160 valence electrons. The van der Waals surface area contributed by atoms with E-state index in [9.17, 15) is 14.0 Å². The predicted molar refractivity (Wildman–Crippen MR) is 125 cm³/mol. The Bertz CT molecular complexity index is 1100. The van der Waals surface area contributed by atoms with Crippen LogP contribution in [0.25, 0.3) is 0 Å². The molecule has 0 aliphatic rings. The fourth-order valence-corrected chi connectivity index (χ4v) is 4.03. The zero-order valence-corrected chi connectivity index (χ0v) is 18.6. The molecule has 0 spiro atoms. The second-order valence-corrected chi connectivity index (χ2v) is 8.54. The number of halogens is 1. The van der Waals surface area contributed by atoms with Gasteiger partial charge in [0.25, 0.3) is 5.91 Å². The fourth-order valence-electron chi connectivity index (χ4n) is 3.02. The highest BCUT2D eigenvalue weighted by Gasteiger charge is 2.19. The minimum Gasteiger partial charge on any atom is -0.325 e. The third-order valence-electron chi connectivity index (χ3n) is 4.93. The highest BCUT2D eigenvalue weighted by Crippen LogP contribution is 2.29. The molecule has 2 N–H and O–H groups in total. The molecule has 0 saturated carbocycles. The Balaban J connectivity index is 1.68. The maximum absolute atomic E-state index is 13.8. The minimum absolute atomic E-state index is 0.0141. The van der Waals surface area contributed by atoms with Gasteiger partial charge >= 0.3 is 0 Å². The van der Waals surface area contributed by atoms with E-state index in [0.717, 1.165) is 16.1 Å². The van der Waals surface area contributed by atoms with Gasteiger partial charge in [0.15, 0.2) is 0 Å². The summed E-state index contributed by atoms with van der Waals surface area (Å²) in [6.45, 7) is 6.00. The third kappa shape index (κ3) is 5.95. The van der Waals surface area contributed by atoms with Crippen LogP contribution in [-0.4, -0.2) is 17.1 Å². The first-order chi connectivity index (χ1) is 14.9. The van der Waals surface area contributed by atoms with Crippen LogP contribution in [0.2, 0.25) is 0 Å². The summed E-state index contributed by atoms with van der Waals surface area (Å²) in [6, 6.07) is 18.9. The van der Waals surface area contributed by atoms with Gasteiger partial charge in [-0.05, 0) is 73.9 Å². The Morgan fingerprint density at radius 1 is 0.903 bits per heavy atom. The average Bonchev–Trinajstić information content (AvgIpc) is 2.75. The van der Waals surface area contributed by atoms with Gasteiger partial charge in [-0.2, -0.15) is 0 Å². The molecule has 0 radical (unpaired) electrons. The Kier molecular flexibility index (Phi) is 7.47. The molecule has 0 fully saturated rings. The topological polar surface area (TPSA) is 58.2 Å². The standard InChI is InChI=1S/C25H25FN2O2S/c1-4-23(25(30)28-19-13-12-16(2)17(3)14-19)31-20-9-7-8-18(15-20)27-24(29)21-10-5-6-11-22(21)26/h5-15,23H,4H2,1-3H3,(H,27,29)(H,28,30). The lowest BCUT2D eigenvalue weighted by molar-refractivity contribution is -0.115. The van der Waals surface area contributed by atoms with Crippen molar-refractivity contribution in [2.24, 2.45) is 0 Å². The molecule has 0 saturated heterocycles. The molecule has 6 heteroatoms. The zero-order chi connectivity index (χ0) is 22.4. The van der Waals surface area contributed by atoms with Gasteiger partial charge in [0, 0.05) is 16.3 Å². The monoisotopic (exact) mass is 436 g/mol. The van der Waals surface area contributed by atoms with Crippen LogP contribution in [0.3, 0.4) is 0 Å². The van der Waals surface area contributed by atoms with Crippen molar-refractivity contribution in [3.05, 3.63) is 89.2 Å². The van der Waals surface area contributed by atoms with Crippen LogP contribution in [0, 0.1) is 19.7 Å². The molecule has 1 atom stereocenters. The lowest BCUT2D eigenvalue weighted by atomic mass is 10.1. The van der Waals surface area contributed by atoms with E-state index < -0.39 is 11.7 Å². The van der Waals surface area contributed by atoms with E-state index in [2.05, 4.69) is 10.6 Å². The fraction of sp³-hybridized carbons (Fsp3) is 0.200. The molecular formula is C25H25FN2O2S. The summed E-state index contributed by atoms with van der Waals surface area (Å²) in [7, 11) is 0. The molecule has 0 aliphatic heterocycles. The highest BCUT2D eigenvalue weighted by molar-refractivity contribution is 8.00. The Morgan fingerprint density at radius 3 is 2.35 bits per heavy atom. The summed E-state index contributed by atoms with van der Waals surface area (Å²) in [5, 5.41) is 5.41. The highest BCUT2D eigenvalue weighted by atomic mass is 32.2. The van der Waals surface area contributed by atoms with Crippen molar-refractivity contribution in [1.82, 2.24) is 0 Å². The minimum atomic E-state index is -0.570. The Morgan fingerprint density at radius 2 is 1.65 bits per heavy atom. The number of aryl methyl sites for hydroxylation is 2. The summed E-state index contributed by atoms with van der Waals surface area (Å²) in [5.74, 6) is -1.16. The number of hydrogen-bond acceptors (Lipinski definition) is 3. The maximum Gasteiger partial charge on any atom is 0.258 e. The first-order valence-corrected chi connectivity index (χ1v) is 11.0. The Labute approximate surface area is 186 Å². The normalized spacial score (nSPS) is 11.6. The van der Waals surface area contributed by atoms with E-state index in [1.165, 1.54) is 35.5 Å². The summed E-state index contributed by atoms with van der Waals surface area (Å²) in [6.07, 6.45) is 0.646. The van der Waals surface area contributed by atoms with Crippen molar-refractivity contribution in [2.45, 2.75) is 37.3 Å². The van der Waals surface area contributed by atoms with E-state index >= 15 is 0 Å². The SMILES string of the molecule is CCC(Sc1cccc(NC(=O)c2ccccc2F)c1)C(=O)Nc1ccc(C)c(C)c1. The molecular weight excluding hydrogens is 411 g/mol. The molecule has 3 aromatic carbocycles. The first-order valence-electron chi connectivity index (χ1n) is 10.1. The maximum atomic E-state index is 13.8. The van der Waals surface area contributed by atoms with Gasteiger partial charge in [-0.15, -0.1) is 11.8 Å². The molecule has 3 rings (SSSR count). The number of carbonyl (C=O) groups excluding carboxylic acids is 2. The van der Waals surface area contributed by atoms with Crippen LogP contribution >= 0.6 is 11.8 Å².